The predicted octanol–water partition coefficient (Wildman–Crippen LogP) is 3.76. The molecule has 0 radical (unpaired) electrons. The first-order valence-electron chi connectivity index (χ1n) is 8.69. The number of nitrogens with one attached hydrogen (secondary N) is 1. The molecular weight excluding hydrogens is 349 g/mol. The summed E-state index contributed by atoms with van der Waals surface area (Å²) in [6.07, 6.45) is -0.419. The van der Waals surface area contributed by atoms with Crippen LogP contribution in [0.4, 0.5) is 19.0 Å². The third-order valence-corrected chi connectivity index (χ3v) is 4.94. The second-order valence-electron chi connectivity index (χ2n) is 6.72. The number of anilines is 1. The first-order chi connectivity index (χ1) is 12.4. The molecule has 2 aromatic heterocycles. The summed E-state index contributed by atoms with van der Waals surface area (Å²) in [6, 6.07) is 2.24. The van der Waals surface area contributed by atoms with Crippen molar-refractivity contribution in [1.82, 2.24) is 14.7 Å². The van der Waals surface area contributed by atoms with Crippen molar-refractivity contribution >= 4 is 11.7 Å². The lowest BCUT2D eigenvalue weighted by Gasteiger charge is -2.32. The van der Waals surface area contributed by atoms with Crippen LogP contribution in [0, 0.1) is 0 Å². The number of likely N-dealkylation sites (tertiary alicyclic amines) is 1. The predicted molar refractivity (Wildman–Crippen MR) is 86.8 cm³/mol. The summed E-state index contributed by atoms with van der Waals surface area (Å²) in [5, 5.41) is 7.02. The van der Waals surface area contributed by atoms with Crippen LogP contribution in [0.1, 0.15) is 54.0 Å². The van der Waals surface area contributed by atoms with E-state index in [0.29, 0.717) is 18.8 Å². The number of piperidine rings is 1. The zero-order valence-corrected chi connectivity index (χ0v) is 14.0. The fourth-order valence-corrected chi connectivity index (χ4v) is 3.61. The van der Waals surface area contributed by atoms with Gasteiger partial charge in [0.15, 0.2) is 11.7 Å². The third kappa shape index (κ3) is 3.06. The molecule has 6 nitrogen and oxygen atoms in total. The number of amides is 1. The number of hydrogen-bond donors (Lipinski definition) is 1. The topological polar surface area (TPSA) is 63.3 Å². The van der Waals surface area contributed by atoms with E-state index in [1.165, 1.54) is 12.3 Å². The number of furan rings is 1. The Bertz CT molecular complexity index is 779. The molecule has 0 aromatic carbocycles. The van der Waals surface area contributed by atoms with Gasteiger partial charge in [-0.1, -0.05) is 0 Å². The Morgan fingerprint density at radius 2 is 2.04 bits per heavy atom. The second-order valence-corrected chi connectivity index (χ2v) is 6.72. The zero-order chi connectivity index (χ0) is 18.3. The molecule has 140 valence electrons. The van der Waals surface area contributed by atoms with Crippen molar-refractivity contribution in [2.45, 2.75) is 43.9 Å². The van der Waals surface area contributed by atoms with E-state index in [1.54, 1.807) is 17.0 Å². The minimum atomic E-state index is -4.47. The molecule has 1 N–H and O–H groups in total. The number of fused-ring (bicyclic) bond motifs is 1. The van der Waals surface area contributed by atoms with Gasteiger partial charge in [0, 0.05) is 25.6 Å². The monoisotopic (exact) mass is 368 g/mol. The molecule has 1 fully saturated rings. The molecule has 2 aliphatic heterocycles. The van der Waals surface area contributed by atoms with Crippen LogP contribution >= 0.6 is 0 Å². The minimum absolute atomic E-state index is 0.0451. The number of carbonyl (C=O) groups is 1. The minimum Gasteiger partial charge on any atom is -0.467 e. The lowest BCUT2D eigenvalue weighted by atomic mass is 10.0. The zero-order valence-electron chi connectivity index (χ0n) is 14.0. The van der Waals surface area contributed by atoms with Gasteiger partial charge >= 0.3 is 6.18 Å². The Balaban J connectivity index is 1.66. The number of nitrogens with zero attached hydrogens (tertiary/aromatic N) is 3. The van der Waals surface area contributed by atoms with Crippen molar-refractivity contribution in [3.05, 3.63) is 35.9 Å². The maximum absolute atomic E-state index is 13.6. The van der Waals surface area contributed by atoms with Gasteiger partial charge in [-0.25, -0.2) is 4.68 Å². The summed E-state index contributed by atoms with van der Waals surface area (Å²) in [4.78, 5) is 14.3. The Morgan fingerprint density at radius 3 is 2.69 bits per heavy atom. The van der Waals surface area contributed by atoms with E-state index in [9.17, 15) is 18.0 Å². The standard InChI is InChI=1S/C17H19F3N4O2/c18-17(19,20)14-9-11(13-5-4-8-26-13)21-15-10-12(22-24(14)15)16(25)23-6-2-1-3-7-23/h4-5,8,10-11,14,21H,1-3,6-7,9H2/t11-,14+/m1/s1. The molecule has 1 amide bonds. The largest absolute Gasteiger partial charge is 0.467 e. The Kier molecular flexibility index (Phi) is 4.16. The van der Waals surface area contributed by atoms with Gasteiger partial charge in [0.25, 0.3) is 5.91 Å². The Hall–Kier alpha value is -2.45. The van der Waals surface area contributed by atoms with Gasteiger partial charge in [-0.15, -0.1) is 0 Å². The number of alkyl halides is 3. The van der Waals surface area contributed by atoms with Crippen LogP contribution in [-0.4, -0.2) is 39.9 Å². The molecule has 1 saturated heterocycles. The highest BCUT2D eigenvalue weighted by atomic mass is 19.4. The lowest BCUT2D eigenvalue weighted by molar-refractivity contribution is -0.174. The molecule has 2 aliphatic rings. The van der Waals surface area contributed by atoms with Crippen LogP contribution in [0.3, 0.4) is 0 Å². The summed E-state index contributed by atoms with van der Waals surface area (Å²) in [7, 11) is 0. The molecule has 0 unspecified atom stereocenters. The summed E-state index contributed by atoms with van der Waals surface area (Å²) >= 11 is 0. The van der Waals surface area contributed by atoms with Crippen LogP contribution in [-0.2, 0) is 0 Å². The van der Waals surface area contributed by atoms with Crippen LogP contribution in [0.2, 0.25) is 0 Å². The van der Waals surface area contributed by atoms with Crippen molar-refractivity contribution < 1.29 is 22.4 Å². The number of aromatic nitrogens is 2. The quantitative estimate of drug-likeness (QED) is 0.877. The second kappa shape index (κ2) is 6.37. The SMILES string of the molecule is O=C(c1cc2n(n1)[C@H](C(F)(F)F)C[C@H](c1ccco1)N2)N1CCCCC1. The molecular formula is C17H19F3N4O2. The van der Waals surface area contributed by atoms with Crippen molar-refractivity contribution in [1.29, 1.82) is 0 Å². The highest BCUT2D eigenvalue weighted by molar-refractivity contribution is 5.93. The Morgan fingerprint density at radius 1 is 1.27 bits per heavy atom. The van der Waals surface area contributed by atoms with E-state index in [2.05, 4.69) is 10.4 Å². The van der Waals surface area contributed by atoms with Gasteiger partial charge in [0.1, 0.15) is 11.6 Å². The summed E-state index contributed by atoms with van der Waals surface area (Å²) in [5.41, 5.74) is 0.0451. The van der Waals surface area contributed by atoms with E-state index in [0.717, 1.165) is 23.9 Å². The molecule has 0 aliphatic carbocycles. The first kappa shape index (κ1) is 17.0. The van der Waals surface area contributed by atoms with Crippen LogP contribution in [0.15, 0.2) is 28.9 Å². The molecule has 4 rings (SSSR count). The van der Waals surface area contributed by atoms with Crippen LogP contribution < -0.4 is 5.32 Å². The molecule has 2 atom stereocenters. The fourth-order valence-electron chi connectivity index (χ4n) is 3.61. The number of carbonyl (C=O) groups excluding carboxylic acids is 1. The lowest BCUT2D eigenvalue weighted by Crippen LogP contribution is -2.37. The van der Waals surface area contributed by atoms with Crippen molar-refractivity contribution in [2.24, 2.45) is 0 Å². The Labute approximate surface area is 147 Å². The van der Waals surface area contributed by atoms with Gasteiger partial charge in [-0.3, -0.25) is 4.79 Å². The van der Waals surface area contributed by atoms with Crippen molar-refractivity contribution in [3.63, 3.8) is 0 Å². The first-order valence-corrected chi connectivity index (χ1v) is 8.69. The summed E-state index contributed by atoms with van der Waals surface area (Å²) in [5.74, 6) is 0.291. The molecule has 26 heavy (non-hydrogen) atoms. The highest BCUT2D eigenvalue weighted by Gasteiger charge is 2.47. The molecule has 0 bridgehead atoms. The number of rotatable bonds is 2. The average Bonchev–Trinajstić information content (AvgIpc) is 3.29. The third-order valence-electron chi connectivity index (χ3n) is 4.94. The molecule has 0 spiro atoms. The summed E-state index contributed by atoms with van der Waals surface area (Å²) < 4.78 is 46.9. The van der Waals surface area contributed by atoms with E-state index in [-0.39, 0.29) is 23.8 Å². The van der Waals surface area contributed by atoms with E-state index >= 15 is 0 Å². The maximum Gasteiger partial charge on any atom is 0.410 e. The van der Waals surface area contributed by atoms with Crippen molar-refractivity contribution in [3.8, 4) is 0 Å². The normalized spacial score (nSPS) is 23.4. The summed E-state index contributed by atoms with van der Waals surface area (Å²) in [6.45, 7) is 1.23. The van der Waals surface area contributed by atoms with Gasteiger partial charge in [0.05, 0.1) is 12.3 Å². The van der Waals surface area contributed by atoms with Gasteiger partial charge < -0.3 is 14.6 Å². The van der Waals surface area contributed by atoms with Gasteiger partial charge in [-0.2, -0.15) is 18.3 Å². The van der Waals surface area contributed by atoms with Crippen LogP contribution in [0.25, 0.3) is 0 Å². The van der Waals surface area contributed by atoms with Gasteiger partial charge in [-0.05, 0) is 31.4 Å². The van der Waals surface area contributed by atoms with Crippen molar-refractivity contribution in [2.75, 3.05) is 18.4 Å². The van der Waals surface area contributed by atoms with E-state index in [1.807, 2.05) is 0 Å². The van der Waals surface area contributed by atoms with Gasteiger partial charge in [0.2, 0.25) is 0 Å². The molecule has 2 aromatic rings. The van der Waals surface area contributed by atoms with E-state index in [4.69, 9.17) is 4.42 Å². The molecule has 9 heteroatoms. The number of halogens is 3. The molecule has 4 heterocycles. The molecule has 0 saturated carbocycles. The van der Waals surface area contributed by atoms with Crippen LogP contribution in [0.5, 0.6) is 0 Å². The van der Waals surface area contributed by atoms with E-state index < -0.39 is 18.3 Å². The fraction of sp³-hybridized carbons (Fsp3) is 0.529. The number of hydrogen-bond acceptors (Lipinski definition) is 4. The smallest absolute Gasteiger partial charge is 0.410 e. The maximum atomic E-state index is 13.6. The average molecular weight is 368 g/mol. The highest BCUT2D eigenvalue weighted by Crippen LogP contribution is 2.43.